The summed E-state index contributed by atoms with van der Waals surface area (Å²) >= 11 is 0. The highest BCUT2D eigenvalue weighted by Crippen LogP contribution is 2.41. The van der Waals surface area contributed by atoms with Crippen LogP contribution in [0.15, 0.2) is 133 Å². The number of imidazole rings is 1. The maximum absolute atomic E-state index is 13.0. The number of hydrogen-bond acceptors (Lipinski definition) is 5. The van der Waals surface area contributed by atoms with Crippen LogP contribution >= 0.6 is 0 Å². The third kappa shape index (κ3) is 5.32. The number of amides is 1. The van der Waals surface area contributed by atoms with E-state index in [0.717, 1.165) is 22.3 Å². The van der Waals surface area contributed by atoms with Crippen molar-refractivity contribution < 1.29 is 17.4 Å². The van der Waals surface area contributed by atoms with Crippen LogP contribution in [0.3, 0.4) is 0 Å². The van der Waals surface area contributed by atoms with Gasteiger partial charge in [0.05, 0.1) is 11.2 Å². The van der Waals surface area contributed by atoms with Gasteiger partial charge in [0.1, 0.15) is 5.54 Å². The fourth-order valence-corrected chi connectivity index (χ4v) is 5.83. The zero-order valence-corrected chi connectivity index (χ0v) is 23.0. The Kier molecular flexibility index (Phi) is 7.64. The van der Waals surface area contributed by atoms with E-state index in [0.29, 0.717) is 0 Å². The van der Waals surface area contributed by atoms with Crippen molar-refractivity contribution >= 4 is 21.8 Å². The molecule has 0 bridgehead atoms. The van der Waals surface area contributed by atoms with Crippen molar-refractivity contribution in [2.75, 3.05) is 5.32 Å². The molecule has 0 fully saturated rings. The lowest BCUT2D eigenvalue weighted by Crippen LogP contribution is -2.37. The Morgan fingerprint density at radius 3 is 1.75 bits per heavy atom. The number of benzene rings is 4. The number of nitrogens with one attached hydrogen (secondary N) is 1. The monoisotopic (exact) mass is 551 g/mol. The Balaban J connectivity index is 1.49. The van der Waals surface area contributed by atoms with Crippen LogP contribution < -0.4 is 5.32 Å². The van der Waals surface area contributed by atoms with Crippen LogP contribution in [0, 0.1) is 6.92 Å². The maximum Gasteiger partial charge on any atom is 0.297 e. The van der Waals surface area contributed by atoms with Crippen molar-refractivity contribution in [1.82, 2.24) is 9.55 Å². The SMILES string of the molecule is Cc1ccc(S(=O)(=O)OC(C)C(=O)Nc2cn(C(c3ccccc3)(c3ccccc3)c3ccccc3)cn2)cc1. The summed E-state index contributed by atoms with van der Waals surface area (Å²) in [7, 11) is -4.13. The van der Waals surface area contributed by atoms with Crippen LogP contribution in [-0.4, -0.2) is 30.0 Å². The number of carbonyl (C=O) groups is 1. The van der Waals surface area contributed by atoms with Gasteiger partial charge in [0.2, 0.25) is 0 Å². The van der Waals surface area contributed by atoms with Crippen LogP contribution in [0.1, 0.15) is 29.2 Å². The summed E-state index contributed by atoms with van der Waals surface area (Å²) in [6, 6.07) is 36.4. The van der Waals surface area contributed by atoms with Crippen molar-refractivity contribution in [3.05, 3.63) is 150 Å². The normalized spacial score (nSPS) is 12.6. The van der Waals surface area contributed by atoms with Gasteiger partial charge in [0.15, 0.2) is 11.9 Å². The molecule has 0 saturated heterocycles. The van der Waals surface area contributed by atoms with Gasteiger partial charge in [-0.2, -0.15) is 8.42 Å². The van der Waals surface area contributed by atoms with Gasteiger partial charge in [-0.05, 0) is 42.7 Å². The molecular weight excluding hydrogens is 522 g/mol. The second-order valence-corrected chi connectivity index (χ2v) is 11.0. The van der Waals surface area contributed by atoms with E-state index in [1.165, 1.54) is 19.1 Å². The predicted molar refractivity (Wildman–Crippen MR) is 154 cm³/mol. The fraction of sp³-hybridized carbons (Fsp3) is 0.125. The van der Waals surface area contributed by atoms with Gasteiger partial charge in [-0.25, -0.2) is 4.98 Å². The molecule has 0 aliphatic rings. The molecule has 1 N–H and O–H groups in total. The topological polar surface area (TPSA) is 90.3 Å². The average Bonchev–Trinajstić information content (AvgIpc) is 3.43. The standard InChI is InChI=1S/C32H29N3O4S/c1-24-18-20-29(21-19-24)40(37,38)39-25(2)31(36)34-30-22-35(23-33-30)32(26-12-6-3-7-13-26,27-14-8-4-9-15-27)28-16-10-5-11-17-28/h3-23,25H,1-2H3,(H,34,36). The minimum atomic E-state index is -4.13. The Morgan fingerprint density at radius 2 is 1.27 bits per heavy atom. The molecule has 8 heteroatoms. The molecule has 1 aromatic heterocycles. The number of hydrogen-bond donors (Lipinski definition) is 1. The van der Waals surface area contributed by atoms with Crippen molar-refractivity contribution in [1.29, 1.82) is 0 Å². The molecule has 40 heavy (non-hydrogen) atoms. The third-order valence-electron chi connectivity index (χ3n) is 6.75. The van der Waals surface area contributed by atoms with Crippen molar-refractivity contribution in [3.63, 3.8) is 0 Å². The summed E-state index contributed by atoms with van der Waals surface area (Å²) in [5, 5.41) is 2.71. The molecule has 5 rings (SSSR count). The molecule has 1 amide bonds. The van der Waals surface area contributed by atoms with Crippen LogP contribution in [0.5, 0.6) is 0 Å². The number of aromatic nitrogens is 2. The predicted octanol–water partition coefficient (Wildman–Crippen LogP) is 5.76. The highest BCUT2D eigenvalue weighted by atomic mass is 32.2. The molecule has 5 aromatic rings. The van der Waals surface area contributed by atoms with E-state index in [-0.39, 0.29) is 10.7 Å². The van der Waals surface area contributed by atoms with Gasteiger partial charge in [-0.1, -0.05) is 109 Å². The lowest BCUT2D eigenvalue weighted by Gasteiger charge is -2.37. The van der Waals surface area contributed by atoms with Crippen molar-refractivity contribution in [2.45, 2.75) is 30.4 Å². The summed E-state index contributed by atoms with van der Waals surface area (Å²) in [6.07, 6.45) is 2.13. The van der Waals surface area contributed by atoms with E-state index in [9.17, 15) is 13.2 Å². The molecule has 0 aliphatic carbocycles. The number of rotatable bonds is 9. The fourth-order valence-electron chi connectivity index (χ4n) is 4.78. The quantitative estimate of drug-likeness (QED) is 0.186. The molecule has 0 spiro atoms. The Morgan fingerprint density at radius 1 is 0.800 bits per heavy atom. The first-order valence-corrected chi connectivity index (χ1v) is 14.2. The summed E-state index contributed by atoms with van der Waals surface area (Å²) in [5.74, 6) is -0.369. The molecule has 0 saturated carbocycles. The van der Waals surface area contributed by atoms with E-state index in [4.69, 9.17) is 4.18 Å². The minimum Gasteiger partial charge on any atom is -0.317 e. The lowest BCUT2D eigenvalue weighted by atomic mass is 9.77. The smallest absolute Gasteiger partial charge is 0.297 e. The van der Waals surface area contributed by atoms with Gasteiger partial charge in [-0.15, -0.1) is 0 Å². The minimum absolute atomic E-state index is 0.0135. The van der Waals surface area contributed by atoms with Crippen LogP contribution in [0.4, 0.5) is 5.82 Å². The van der Waals surface area contributed by atoms with Crippen LogP contribution in [0.25, 0.3) is 0 Å². The second-order valence-electron chi connectivity index (χ2n) is 9.47. The van der Waals surface area contributed by atoms with E-state index in [2.05, 4.69) is 46.7 Å². The maximum atomic E-state index is 13.0. The largest absolute Gasteiger partial charge is 0.317 e. The summed E-state index contributed by atoms with van der Waals surface area (Å²) in [5.41, 5.74) is 3.13. The first-order chi connectivity index (χ1) is 19.3. The summed E-state index contributed by atoms with van der Waals surface area (Å²) in [6.45, 7) is 3.24. The average molecular weight is 552 g/mol. The molecule has 7 nitrogen and oxygen atoms in total. The van der Waals surface area contributed by atoms with Gasteiger partial charge in [0, 0.05) is 6.20 Å². The molecule has 1 atom stereocenters. The highest BCUT2D eigenvalue weighted by Gasteiger charge is 2.38. The molecular formula is C32H29N3O4S. The number of carbonyl (C=O) groups excluding carboxylic acids is 1. The molecule has 202 valence electrons. The first-order valence-electron chi connectivity index (χ1n) is 12.8. The molecule has 1 heterocycles. The van der Waals surface area contributed by atoms with E-state index < -0.39 is 27.7 Å². The van der Waals surface area contributed by atoms with Crippen LogP contribution in [-0.2, 0) is 24.6 Å². The van der Waals surface area contributed by atoms with E-state index >= 15 is 0 Å². The highest BCUT2D eigenvalue weighted by molar-refractivity contribution is 7.86. The zero-order chi connectivity index (χ0) is 28.2. The van der Waals surface area contributed by atoms with E-state index in [1.54, 1.807) is 24.7 Å². The molecule has 4 aromatic carbocycles. The van der Waals surface area contributed by atoms with Gasteiger partial charge in [0.25, 0.3) is 16.0 Å². The first kappa shape index (κ1) is 27.1. The van der Waals surface area contributed by atoms with Gasteiger partial charge >= 0.3 is 0 Å². The van der Waals surface area contributed by atoms with Crippen LogP contribution in [0.2, 0.25) is 0 Å². The molecule has 0 aliphatic heterocycles. The van der Waals surface area contributed by atoms with Gasteiger partial charge < -0.3 is 9.88 Å². The molecule has 0 radical (unpaired) electrons. The number of aryl methyl sites for hydroxylation is 1. The Hall–Kier alpha value is -4.53. The summed E-state index contributed by atoms with van der Waals surface area (Å²) < 4.78 is 32.6. The number of anilines is 1. The third-order valence-corrected chi connectivity index (χ3v) is 8.14. The van der Waals surface area contributed by atoms with Crippen molar-refractivity contribution in [2.24, 2.45) is 0 Å². The molecule has 1 unspecified atom stereocenters. The van der Waals surface area contributed by atoms with Crippen molar-refractivity contribution in [3.8, 4) is 0 Å². The number of nitrogens with zero attached hydrogens (tertiary/aromatic N) is 2. The second kappa shape index (κ2) is 11.3. The van der Waals surface area contributed by atoms with E-state index in [1.807, 2.05) is 66.1 Å². The Labute approximate surface area is 234 Å². The van der Waals surface area contributed by atoms with Gasteiger partial charge in [-0.3, -0.25) is 8.98 Å². The summed E-state index contributed by atoms with van der Waals surface area (Å²) in [4.78, 5) is 17.5. The Bertz CT molecular complexity index is 1590. The lowest BCUT2D eigenvalue weighted by molar-refractivity contribution is -0.121. The zero-order valence-electron chi connectivity index (χ0n) is 22.1.